The molecule has 6 rings (SSSR count). The van der Waals surface area contributed by atoms with Gasteiger partial charge in [0.25, 0.3) is 5.91 Å². The predicted molar refractivity (Wildman–Crippen MR) is 122 cm³/mol. The summed E-state index contributed by atoms with van der Waals surface area (Å²) in [7, 11) is 1.83. The van der Waals surface area contributed by atoms with Crippen LogP contribution in [-0.2, 0) is 4.74 Å². The molecule has 33 heavy (non-hydrogen) atoms. The Morgan fingerprint density at radius 2 is 2.15 bits per heavy atom. The van der Waals surface area contributed by atoms with Crippen LogP contribution in [0.3, 0.4) is 0 Å². The number of nitrogens with one attached hydrogen (secondary N) is 2. The SMILES string of the molecule is CNc1cc(C2c3cccnc3N(C3CC3)C2C)nc2c(C(=O)N[C@H]3COC[C@H]3O)cnn12. The van der Waals surface area contributed by atoms with Crippen LogP contribution < -0.4 is 15.5 Å². The number of nitrogens with zero attached hydrogens (tertiary/aromatic N) is 5. The summed E-state index contributed by atoms with van der Waals surface area (Å²) in [6.45, 7) is 2.73. The highest BCUT2D eigenvalue weighted by Crippen LogP contribution is 2.47. The largest absolute Gasteiger partial charge is 0.388 e. The Balaban J connectivity index is 1.42. The van der Waals surface area contributed by atoms with E-state index in [9.17, 15) is 9.90 Å². The highest BCUT2D eigenvalue weighted by atomic mass is 16.5. The molecule has 3 aromatic rings. The Morgan fingerprint density at radius 1 is 1.30 bits per heavy atom. The summed E-state index contributed by atoms with van der Waals surface area (Å²) in [4.78, 5) is 25.1. The molecule has 10 heteroatoms. The lowest BCUT2D eigenvalue weighted by Gasteiger charge is -2.26. The third-order valence-electron chi connectivity index (χ3n) is 6.94. The fourth-order valence-electron chi connectivity index (χ4n) is 5.15. The van der Waals surface area contributed by atoms with Crippen molar-refractivity contribution < 1.29 is 14.6 Å². The van der Waals surface area contributed by atoms with Gasteiger partial charge in [0.1, 0.15) is 17.2 Å². The van der Waals surface area contributed by atoms with E-state index in [1.165, 1.54) is 19.0 Å². The summed E-state index contributed by atoms with van der Waals surface area (Å²) in [5, 5.41) is 20.5. The normalized spacial score (nSPS) is 26.6. The fourth-order valence-corrected chi connectivity index (χ4v) is 5.15. The third kappa shape index (κ3) is 3.24. The van der Waals surface area contributed by atoms with Crippen molar-refractivity contribution >= 4 is 23.2 Å². The molecule has 2 aliphatic heterocycles. The van der Waals surface area contributed by atoms with Crippen LogP contribution >= 0.6 is 0 Å². The second-order valence-electron chi connectivity index (χ2n) is 9.07. The molecule has 0 aromatic carbocycles. The van der Waals surface area contributed by atoms with Gasteiger partial charge in [-0.3, -0.25) is 4.79 Å². The Labute approximate surface area is 191 Å². The van der Waals surface area contributed by atoms with Crippen LogP contribution in [0.15, 0.2) is 30.6 Å². The number of hydrogen-bond acceptors (Lipinski definition) is 8. The first-order valence-electron chi connectivity index (χ1n) is 11.4. The van der Waals surface area contributed by atoms with Crippen molar-refractivity contribution in [3.8, 4) is 0 Å². The van der Waals surface area contributed by atoms with Crippen molar-refractivity contribution in [1.82, 2.24) is 24.9 Å². The number of aliphatic hydroxyl groups is 1. The van der Waals surface area contributed by atoms with Gasteiger partial charge in [-0.1, -0.05) is 6.07 Å². The van der Waals surface area contributed by atoms with Crippen LogP contribution in [0.4, 0.5) is 11.6 Å². The molecular formula is C23H27N7O3. The maximum absolute atomic E-state index is 13.1. The number of rotatable bonds is 5. The standard InChI is InChI=1S/C23H27N7O3/c1-12-20(14-4-3-7-25-21(14)29(12)13-5-6-13)16-8-19(24-2)30-22(27-16)15(9-26-30)23(32)28-17-10-33-11-18(17)31/h3-4,7-9,12-13,17-18,20,24,31H,5-6,10-11H2,1-2H3,(H,28,32)/t12?,17-,18+,20?/m0/s1. The van der Waals surface area contributed by atoms with Gasteiger partial charge in [-0.2, -0.15) is 9.61 Å². The molecule has 0 radical (unpaired) electrons. The Hall–Kier alpha value is -3.24. The molecule has 2 fully saturated rings. The van der Waals surface area contributed by atoms with E-state index in [-0.39, 0.29) is 31.1 Å². The molecule has 5 heterocycles. The van der Waals surface area contributed by atoms with Crippen LogP contribution in [0, 0.1) is 0 Å². The highest BCUT2D eigenvalue weighted by molar-refractivity contribution is 6.00. The first-order chi connectivity index (χ1) is 16.1. The van der Waals surface area contributed by atoms with E-state index in [1.807, 2.05) is 25.4 Å². The van der Waals surface area contributed by atoms with E-state index in [0.29, 0.717) is 17.3 Å². The van der Waals surface area contributed by atoms with Crippen LogP contribution in [0.2, 0.25) is 0 Å². The van der Waals surface area contributed by atoms with Crippen molar-refractivity contribution in [3.63, 3.8) is 0 Å². The second kappa shape index (κ2) is 7.67. The molecule has 3 aliphatic rings. The van der Waals surface area contributed by atoms with Gasteiger partial charge in [-0.25, -0.2) is 9.97 Å². The van der Waals surface area contributed by atoms with Crippen molar-refractivity contribution in [2.45, 2.75) is 49.9 Å². The van der Waals surface area contributed by atoms with Crippen LogP contribution in [0.5, 0.6) is 0 Å². The molecule has 1 saturated heterocycles. The lowest BCUT2D eigenvalue weighted by molar-refractivity contribution is 0.0888. The molecule has 3 N–H and O–H groups in total. The van der Waals surface area contributed by atoms with E-state index < -0.39 is 12.1 Å². The number of hydrogen-bond donors (Lipinski definition) is 3. The summed E-state index contributed by atoms with van der Waals surface area (Å²) < 4.78 is 6.90. The van der Waals surface area contributed by atoms with Gasteiger partial charge in [0.15, 0.2) is 5.65 Å². The van der Waals surface area contributed by atoms with Crippen molar-refractivity contribution in [2.75, 3.05) is 30.5 Å². The van der Waals surface area contributed by atoms with Gasteiger partial charge in [0.05, 0.1) is 43.2 Å². The quantitative estimate of drug-likeness (QED) is 0.531. The molecular weight excluding hydrogens is 422 g/mol. The molecule has 10 nitrogen and oxygen atoms in total. The minimum atomic E-state index is -0.719. The van der Waals surface area contributed by atoms with E-state index in [0.717, 1.165) is 22.9 Å². The Bertz CT molecular complexity index is 1220. The number of carbonyl (C=O) groups excluding carboxylic acids is 1. The van der Waals surface area contributed by atoms with Crippen LogP contribution in [-0.4, -0.2) is 75.1 Å². The summed E-state index contributed by atoms with van der Waals surface area (Å²) >= 11 is 0. The van der Waals surface area contributed by atoms with Gasteiger partial charge in [0.2, 0.25) is 0 Å². The zero-order valence-electron chi connectivity index (χ0n) is 18.6. The van der Waals surface area contributed by atoms with Crippen LogP contribution in [0.25, 0.3) is 5.65 Å². The molecule has 2 unspecified atom stereocenters. The van der Waals surface area contributed by atoms with Gasteiger partial charge >= 0.3 is 0 Å². The third-order valence-corrected chi connectivity index (χ3v) is 6.94. The van der Waals surface area contributed by atoms with E-state index >= 15 is 0 Å². The van der Waals surface area contributed by atoms with Crippen molar-refractivity contribution in [3.05, 3.63) is 47.4 Å². The Morgan fingerprint density at radius 3 is 2.88 bits per heavy atom. The lowest BCUT2D eigenvalue weighted by atomic mass is 9.93. The average Bonchev–Trinajstić information content (AvgIpc) is 3.30. The van der Waals surface area contributed by atoms with Gasteiger partial charge in [-0.15, -0.1) is 0 Å². The number of aliphatic hydroxyl groups excluding tert-OH is 1. The molecule has 4 atom stereocenters. The zero-order valence-corrected chi connectivity index (χ0v) is 18.6. The fraction of sp³-hybridized carbons (Fsp3) is 0.478. The summed E-state index contributed by atoms with van der Waals surface area (Å²) in [5.74, 6) is 1.49. The number of fused-ring (bicyclic) bond motifs is 2. The number of ether oxygens (including phenoxy) is 1. The van der Waals surface area contributed by atoms with Gasteiger partial charge in [-0.05, 0) is 25.8 Å². The monoisotopic (exact) mass is 449 g/mol. The molecule has 0 bridgehead atoms. The second-order valence-corrected chi connectivity index (χ2v) is 9.07. The average molecular weight is 450 g/mol. The summed E-state index contributed by atoms with van der Waals surface area (Å²) in [5.41, 5.74) is 2.87. The molecule has 172 valence electrons. The minimum absolute atomic E-state index is 0.0299. The first kappa shape index (κ1) is 20.4. The number of pyridine rings is 1. The zero-order chi connectivity index (χ0) is 22.7. The molecule has 1 saturated carbocycles. The lowest BCUT2D eigenvalue weighted by Crippen LogP contribution is -2.42. The van der Waals surface area contributed by atoms with Crippen LogP contribution in [0.1, 0.15) is 47.3 Å². The molecule has 1 aliphatic carbocycles. The van der Waals surface area contributed by atoms with E-state index in [2.05, 4.69) is 33.6 Å². The van der Waals surface area contributed by atoms with Crippen molar-refractivity contribution in [2.24, 2.45) is 0 Å². The maximum Gasteiger partial charge on any atom is 0.257 e. The van der Waals surface area contributed by atoms with Gasteiger partial charge in [0, 0.05) is 37.0 Å². The molecule has 3 aromatic heterocycles. The van der Waals surface area contributed by atoms with Gasteiger partial charge < -0.3 is 25.4 Å². The summed E-state index contributed by atoms with van der Waals surface area (Å²) in [6.07, 6.45) is 5.02. The topological polar surface area (TPSA) is 117 Å². The number of aromatic nitrogens is 4. The smallest absolute Gasteiger partial charge is 0.257 e. The molecule has 1 amide bonds. The minimum Gasteiger partial charge on any atom is -0.388 e. The number of carbonyl (C=O) groups is 1. The Kier molecular flexibility index (Phi) is 4.73. The highest BCUT2D eigenvalue weighted by Gasteiger charge is 2.45. The van der Waals surface area contributed by atoms with E-state index in [4.69, 9.17) is 14.7 Å². The summed E-state index contributed by atoms with van der Waals surface area (Å²) in [6, 6.07) is 6.39. The maximum atomic E-state index is 13.1. The predicted octanol–water partition coefficient (Wildman–Crippen LogP) is 1.16. The number of amides is 1. The molecule has 0 spiro atoms. The number of anilines is 2. The van der Waals surface area contributed by atoms with E-state index in [1.54, 1.807) is 4.52 Å². The first-order valence-corrected chi connectivity index (χ1v) is 11.4. The van der Waals surface area contributed by atoms with Crippen molar-refractivity contribution in [1.29, 1.82) is 0 Å².